The molecular formula is C12H18N2O2S. The molecule has 0 amide bonds. The first-order valence-corrected chi connectivity index (χ1v) is 7.55. The van der Waals surface area contributed by atoms with Gasteiger partial charge in [-0.2, -0.15) is 0 Å². The fourth-order valence-corrected chi connectivity index (χ4v) is 3.09. The van der Waals surface area contributed by atoms with Crippen LogP contribution in [0.4, 0.5) is 11.4 Å². The van der Waals surface area contributed by atoms with Gasteiger partial charge in [0.05, 0.1) is 17.1 Å². The molecule has 94 valence electrons. The number of benzene rings is 1. The Morgan fingerprint density at radius 1 is 1.41 bits per heavy atom. The fourth-order valence-electron chi connectivity index (χ4n) is 2.05. The molecule has 4 nitrogen and oxygen atoms in total. The molecule has 17 heavy (non-hydrogen) atoms. The molecule has 1 heterocycles. The molecule has 2 rings (SSSR count). The Labute approximate surface area is 103 Å². The van der Waals surface area contributed by atoms with Crippen molar-refractivity contribution in [3.05, 3.63) is 24.3 Å². The van der Waals surface area contributed by atoms with Gasteiger partial charge in [-0.05, 0) is 25.5 Å². The molecule has 1 N–H and O–H groups in total. The number of nitrogens with one attached hydrogen (secondary N) is 1. The van der Waals surface area contributed by atoms with Gasteiger partial charge in [-0.25, -0.2) is 8.42 Å². The average molecular weight is 254 g/mol. The molecule has 1 aromatic carbocycles. The standard InChI is InChI=1S/C12H18N2O2S/c1-3-10(2)14-8-9-17(15,16)13-11-6-4-5-7-12(11)14/h4-7,10,13H,3,8-9H2,1-2H3. The normalized spacial score (nSPS) is 20.0. The second-order valence-electron chi connectivity index (χ2n) is 4.39. The third kappa shape index (κ3) is 2.54. The van der Waals surface area contributed by atoms with Crippen LogP contribution in [0.1, 0.15) is 20.3 Å². The Morgan fingerprint density at radius 2 is 2.12 bits per heavy atom. The Kier molecular flexibility index (Phi) is 3.28. The number of fused-ring (bicyclic) bond motifs is 1. The summed E-state index contributed by atoms with van der Waals surface area (Å²) in [4.78, 5) is 2.16. The maximum Gasteiger partial charge on any atom is 0.234 e. The fraction of sp³-hybridized carbons (Fsp3) is 0.500. The highest BCUT2D eigenvalue weighted by Gasteiger charge is 2.24. The van der Waals surface area contributed by atoms with Crippen LogP contribution in [0.3, 0.4) is 0 Å². The second-order valence-corrected chi connectivity index (χ2v) is 6.23. The number of sulfonamides is 1. The smallest absolute Gasteiger partial charge is 0.234 e. The SMILES string of the molecule is CCC(C)N1CCS(=O)(=O)Nc2ccccc21. The van der Waals surface area contributed by atoms with Gasteiger partial charge in [-0.3, -0.25) is 4.72 Å². The lowest BCUT2D eigenvalue weighted by Crippen LogP contribution is -2.35. The van der Waals surface area contributed by atoms with E-state index in [0.717, 1.165) is 12.1 Å². The molecule has 0 fully saturated rings. The predicted octanol–water partition coefficient (Wildman–Crippen LogP) is 2.05. The highest BCUT2D eigenvalue weighted by molar-refractivity contribution is 7.92. The van der Waals surface area contributed by atoms with Crippen molar-refractivity contribution in [3.8, 4) is 0 Å². The number of nitrogens with zero attached hydrogens (tertiary/aromatic N) is 1. The molecule has 0 saturated heterocycles. The monoisotopic (exact) mass is 254 g/mol. The minimum absolute atomic E-state index is 0.145. The van der Waals surface area contributed by atoms with E-state index in [4.69, 9.17) is 0 Å². The van der Waals surface area contributed by atoms with E-state index in [1.165, 1.54) is 0 Å². The zero-order valence-corrected chi connectivity index (χ0v) is 11.0. The molecule has 0 aliphatic carbocycles. The molecule has 0 aromatic heterocycles. The molecule has 0 saturated carbocycles. The Morgan fingerprint density at radius 3 is 2.82 bits per heavy atom. The zero-order valence-electron chi connectivity index (χ0n) is 10.2. The Balaban J connectivity index is 2.46. The van der Waals surface area contributed by atoms with E-state index >= 15 is 0 Å². The first-order valence-electron chi connectivity index (χ1n) is 5.89. The van der Waals surface area contributed by atoms with Gasteiger partial charge in [-0.1, -0.05) is 19.1 Å². The van der Waals surface area contributed by atoms with Crippen molar-refractivity contribution in [2.24, 2.45) is 0 Å². The largest absolute Gasteiger partial charge is 0.366 e. The highest BCUT2D eigenvalue weighted by atomic mass is 32.2. The minimum Gasteiger partial charge on any atom is -0.366 e. The number of hydrogen-bond donors (Lipinski definition) is 1. The van der Waals surface area contributed by atoms with Gasteiger partial charge in [0.15, 0.2) is 0 Å². The van der Waals surface area contributed by atoms with Gasteiger partial charge in [0, 0.05) is 12.6 Å². The van der Waals surface area contributed by atoms with Gasteiger partial charge in [-0.15, -0.1) is 0 Å². The first kappa shape index (κ1) is 12.2. The van der Waals surface area contributed by atoms with E-state index in [1.807, 2.05) is 24.3 Å². The minimum atomic E-state index is -3.20. The lowest BCUT2D eigenvalue weighted by atomic mass is 10.1. The third-order valence-electron chi connectivity index (χ3n) is 3.20. The predicted molar refractivity (Wildman–Crippen MR) is 71.0 cm³/mol. The van der Waals surface area contributed by atoms with E-state index in [-0.39, 0.29) is 5.75 Å². The van der Waals surface area contributed by atoms with Crippen molar-refractivity contribution in [3.63, 3.8) is 0 Å². The Hall–Kier alpha value is -1.23. The molecule has 1 atom stereocenters. The van der Waals surface area contributed by atoms with Gasteiger partial charge in [0.25, 0.3) is 0 Å². The van der Waals surface area contributed by atoms with Gasteiger partial charge in [0.2, 0.25) is 10.0 Å². The first-order chi connectivity index (χ1) is 8.03. The van der Waals surface area contributed by atoms with Crippen LogP contribution in [0.25, 0.3) is 0 Å². The molecule has 0 bridgehead atoms. The van der Waals surface area contributed by atoms with E-state index in [0.29, 0.717) is 18.3 Å². The third-order valence-corrected chi connectivity index (χ3v) is 4.45. The lowest BCUT2D eigenvalue weighted by Gasteiger charge is -2.29. The van der Waals surface area contributed by atoms with E-state index in [9.17, 15) is 8.42 Å². The van der Waals surface area contributed by atoms with E-state index in [1.54, 1.807) is 0 Å². The molecule has 1 unspecified atom stereocenters. The summed E-state index contributed by atoms with van der Waals surface area (Å²) >= 11 is 0. The topological polar surface area (TPSA) is 49.4 Å². The highest BCUT2D eigenvalue weighted by Crippen LogP contribution is 2.30. The van der Waals surface area contributed by atoms with Crippen LogP contribution in [0.15, 0.2) is 24.3 Å². The zero-order chi connectivity index (χ0) is 12.5. The van der Waals surface area contributed by atoms with Crippen LogP contribution in [0, 0.1) is 0 Å². The van der Waals surface area contributed by atoms with Crippen LogP contribution in [-0.2, 0) is 10.0 Å². The summed E-state index contributed by atoms with van der Waals surface area (Å²) in [7, 11) is -3.20. The molecular weight excluding hydrogens is 236 g/mol. The van der Waals surface area contributed by atoms with Crippen LogP contribution < -0.4 is 9.62 Å². The van der Waals surface area contributed by atoms with Crippen molar-refractivity contribution in [2.45, 2.75) is 26.3 Å². The van der Waals surface area contributed by atoms with Gasteiger partial charge in [0.1, 0.15) is 0 Å². The van der Waals surface area contributed by atoms with Crippen LogP contribution in [-0.4, -0.2) is 26.8 Å². The summed E-state index contributed by atoms with van der Waals surface area (Å²) < 4.78 is 26.1. The number of hydrogen-bond acceptors (Lipinski definition) is 3. The van der Waals surface area contributed by atoms with Gasteiger partial charge < -0.3 is 4.90 Å². The van der Waals surface area contributed by atoms with Crippen molar-refractivity contribution in [1.82, 2.24) is 0 Å². The summed E-state index contributed by atoms with van der Waals surface area (Å²) in [6.45, 7) is 4.77. The van der Waals surface area contributed by atoms with Crippen molar-refractivity contribution >= 4 is 21.4 Å². The molecule has 1 aliphatic heterocycles. The average Bonchev–Trinajstić information content (AvgIpc) is 2.43. The van der Waals surface area contributed by atoms with Gasteiger partial charge >= 0.3 is 0 Å². The Bertz CT molecular complexity index is 499. The number of para-hydroxylation sites is 2. The lowest BCUT2D eigenvalue weighted by molar-refractivity contribution is 0.594. The number of rotatable bonds is 2. The summed E-state index contributed by atoms with van der Waals surface area (Å²) in [5, 5.41) is 0. The molecule has 5 heteroatoms. The summed E-state index contributed by atoms with van der Waals surface area (Å²) in [5.41, 5.74) is 1.66. The van der Waals surface area contributed by atoms with Crippen molar-refractivity contribution < 1.29 is 8.42 Å². The van der Waals surface area contributed by atoms with E-state index in [2.05, 4.69) is 23.5 Å². The summed E-state index contributed by atoms with van der Waals surface area (Å²) in [6.07, 6.45) is 0.994. The second kappa shape index (κ2) is 4.56. The quantitative estimate of drug-likeness (QED) is 0.878. The van der Waals surface area contributed by atoms with E-state index < -0.39 is 10.0 Å². The van der Waals surface area contributed by atoms with Crippen LogP contribution >= 0.6 is 0 Å². The maximum absolute atomic E-state index is 11.8. The van der Waals surface area contributed by atoms with Crippen LogP contribution in [0.5, 0.6) is 0 Å². The maximum atomic E-state index is 11.8. The number of anilines is 2. The molecule has 1 aromatic rings. The van der Waals surface area contributed by atoms with Crippen molar-refractivity contribution in [2.75, 3.05) is 21.9 Å². The summed E-state index contributed by atoms with van der Waals surface area (Å²) in [6, 6.07) is 7.91. The van der Waals surface area contributed by atoms with Crippen molar-refractivity contribution in [1.29, 1.82) is 0 Å². The molecule has 0 spiro atoms. The summed E-state index contributed by atoms with van der Waals surface area (Å²) in [5.74, 6) is 0.145. The molecule has 0 radical (unpaired) electrons. The molecule has 1 aliphatic rings. The van der Waals surface area contributed by atoms with Crippen LogP contribution in [0.2, 0.25) is 0 Å².